The summed E-state index contributed by atoms with van der Waals surface area (Å²) in [5.74, 6) is 0.395. The smallest absolute Gasteiger partial charge is 0.246 e. The van der Waals surface area contributed by atoms with Crippen LogP contribution in [0.3, 0.4) is 0 Å². The van der Waals surface area contributed by atoms with Crippen LogP contribution in [-0.2, 0) is 4.79 Å². The van der Waals surface area contributed by atoms with Gasteiger partial charge in [-0.3, -0.25) is 14.9 Å². The lowest BCUT2D eigenvalue weighted by atomic mass is 9.95. The number of aliphatic imine (C=N–C) groups is 1. The number of amides is 1. The first-order valence-corrected chi connectivity index (χ1v) is 12.3. The van der Waals surface area contributed by atoms with Crippen LogP contribution in [0.15, 0.2) is 48.1 Å². The van der Waals surface area contributed by atoms with Crippen molar-refractivity contribution >= 4 is 56.9 Å². The molecule has 6 rings (SSSR count). The van der Waals surface area contributed by atoms with Crippen LogP contribution in [0.4, 0.5) is 10.2 Å². The maximum Gasteiger partial charge on any atom is 0.246 e. The quantitative estimate of drug-likeness (QED) is 0.402. The van der Waals surface area contributed by atoms with E-state index < -0.39 is 5.82 Å². The molecule has 0 radical (unpaired) electrons. The van der Waals surface area contributed by atoms with Gasteiger partial charge in [0.1, 0.15) is 11.3 Å². The Hall–Kier alpha value is -4.11. The number of H-pyrrole nitrogens is 1. The molecule has 2 aliphatic rings. The van der Waals surface area contributed by atoms with E-state index in [1.165, 1.54) is 6.08 Å². The molecule has 4 aromatic rings. The fraction of sp³-hybridized carbons (Fsp3) is 0.222. The van der Waals surface area contributed by atoms with Gasteiger partial charge in [0.15, 0.2) is 11.6 Å². The fourth-order valence-electron chi connectivity index (χ4n) is 5.01. The zero-order valence-electron chi connectivity index (χ0n) is 20.1. The van der Waals surface area contributed by atoms with Gasteiger partial charge in [0.05, 0.1) is 23.3 Å². The maximum absolute atomic E-state index is 16.5. The van der Waals surface area contributed by atoms with Crippen molar-refractivity contribution in [3.8, 4) is 11.1 Å². The Bertz CT molecular complexity index is 1650. The Morgan fingerprint density at radius 1 is 1.16 bits per heavy atom. The third kappa shape index (κ3) is 3.86. The molecular weight excluding hydrogens is 493 g/mol. The largest absolute Gasteiger partial charge is 0.352 e. The molecule has 0 saturated carbocycles. The van der Waals surface area contributed by atoms with E-state index in [1.54, 1.807) is 23.4 Å². The lowest BCUT2D eigenvalue weighted by Crippen LogP contribution is -2.48. The molecule has 0 bridgehead atoms. The molecule has 0 unspecified atom stereocenters. The van der Waals surface area contributed by atoms with Gasteiger partial charge in [-0.1, -0.05) is 24.2 Å². The molecule has 4 heterocycles. The minimum atomic E-state index is -0.510. The summed E-state index contributed by atoms with van der Waals surface area (Å²) >= 11 is 6.80. The number of allylic oxidation sites excluding steroid dienone is 1. The third-order valence-corrected chi connectivity index (χ3v) is 7.24. The van der Waals surface area contributed by atoms with Crippen LogP contribution in [0.25, 0.3) is 38.5 Å². The van der Waals surface area contributed by atoms with Crippen molar-refractivity contribution < 1.29 is 9.18 Å². The van der Waals surface area contributed by atoms with E-state index in [2.05, 4.69) is 26.8 Å². The first kappa shape index (κ1) is 23.3. The molecule has 1 fully saturated rings. The molecule has 1 N–H and O–H groups in total. The first-order valence-electron chi connectivity index (χ1n) is 11.9. The molecule has 1 saturated heterocycles. The second-order valence-corrected chi connectivity index (χ2v) is 9.51. The van der Waals surface area contributed by atoms with E-state index in [1.807, 2.05) is 30.0 Å². The summed E-state index contributed by atoms with van der Waals surface area (Å²) in [6.07, 6.45) is 6.55. The molecule has 0 spiro atoms. The topological polar surface area (TPSA) is 90.4 Å². The number of rotatable bonds is 4. The highest BCUT2D eigenvalue weighted by Crippen LogP contribution is 2.42. The molecule has 10 heteroatoms. The van der Waals surface area contributed by atoms with Crippen molar-refractivity contribution in [2.75, 3.05) is 37.6 Å². The summed E-state index contributed by atoms with van der Waals surface area (Å²) in [7, 11) is 0. The molecule has 8 nitrogen and oxygen atoms in total. The number of aromatic amines is 1. The van der Waals surface area contributed by atoms with Crippen LogP contribution in [0.1, 0.15) is 11.4 Å². The number of aryl methyl sites for hydroxylation is 1. The van der Waals surface area contributed by atoms with Crippen molar-refractivity contribution in [3.63, 3.8) is 0 Å². The van der Waals surface area contributed by atoms with E-state index in [0.29, 0.717) is 55.3 Å². The van der Waals surface area contributed by atoms with E-state index >= 15 is 4.39 Å². The van der Waals surface area contributed by atoms with Gasteiger partial charge in [0.2, 0.25) is 5.91 Å². The van der Waals surface area contributed by atoms with Crippen LogP contribution in [-0.4, -0.2) is 69.9 Å². The van der Waals surface area contributed by atoms with Crippen LogP contribution in [0.5, 0.6) is 0 Å². The summed E-state index contributed by atoms with van der Waals surface area (Å²) in [6.45, 7) is 8.02. The molecule has 37 heavy (non-hydrogen) atoms. The predicted molar refractivity (Wildman–Crippen MR) is 145 cm³/mol. The van der Waals surface area contributed by atoms with Crippen molar-refractivity contribution in [1.82, 2.24) is 25.1 Å². The van der Waals surface area contributed by atoms with Crippen LogP contribution in [0.2, 0.25) is 5.02 Å². The highest BCUT2D eigenvalue weighted by molar-refractivity contribution is 6.35. The number of halogens is 2. The predicted octanol–water partition coefficient (Wildman–Crippen LogP) is 4.58. The van der Waals surface area contributed by atoms with Crippen molar-refractivity contribution in [2.45, 2.75) is 6.92 Å². The molecule has 0 atom stereocenters. The number of carbonyl (C=O) groups excluding carboxylic acids is 1. The highest BCUT2D eigenvalue weighted by Gasteiger charge is 2.27. The molecular formula is C27H23ClFN7O. The van der Waals surface area contributed by atoms with E-state index in [-0.39, 0.29) is 22.0 Å². The molecule has 186 valence electrons. The second kappa shape index (κ2) is 9.08. The van der Waals surface area contributed by atoms with Crippen molar-refractivity contribution in [3.05, 3.63) is 65.4 Å². The van der Waals surface area contributed by atoms with Gasteiger partial charge in [-0.15, -0.1) is 0 Å². The molecule has 2 aliphatic heterocycles. The third-order valence-electron chi connectivity index (χ3n) is 6.94. The Kier molecular flexibility index (Phi) is 5.72. The monoisotopic (exact) mass is 515 g/mol. The summed E-state index contributed by atoms with van der Waals surface area (Å²) < 4.78 is 16.5. The Morgan fingerprint density at radius 2 is 1.97 bits per heavy atom. The second-order valence-electron chi connectivity index (χ2n) is 9.10. The summed E-state index contributed by atoms with van der Waals surface area (Å²) in [4.78, 5) is 29.6. The van der Waals surface area contributed by atoms with E-state index in [0.717, 1.165) is 22.0 Å². The zero-order chi connectivity index (χ0) is 25.7. The number of aromatic nitrogens is 4. The summed E-state index contributed by atoms with van der Waals surface area (Å²) in [5.41, 5.74) is 3.63. The number of carbonyl (C=O) groups is 1. The van der Waals surface area contributed by atoms with Gasteiger partial charge < -0.3 is 9.80 Å². The summed E-state index contributed by atoms with van der Waals surface area (Å²) in [5, 5.41) is 8.65. The van der Waals surface area contributed by atoms with Crippen molar-refractivity contribution in [2.24, 2.45) is 4.99 Å². The standard InChI is InChI=1S/C27H23ClFN7O/c1-3-21(37)35-8-10-36(11-9-35)27-17-12-19(28)23(22-15(2)4-5-20-18(22)14-31-34-20)24(29)25(17)32-26(33-27)16-6-7-30-13-16/h3-7,12,14H,1,8-11,13H2,2H3,(H,31,34). The normalized spacial score (nSPS) is 15.6. The summed E-state index contributed by atoms with van der Waals surface area (Å²) in [6, 6.07) is 5.57. The van der Waals surface area contributed by atoms with Crippen LogP contribution >= 0.6 is 11.6 Å². The maximum atomic E-state index is 16.5. The van der Waals surface area contributed by atoms with Gasteiger partial charge in [0.25, 0.3) is 0 Å². The van der Waals surface area contributed by atoms with Gasteiger partial charge in [-0.2, -0.15) is 5.10 Å². The molecule has 1 amide bonds. The average molecular weight is 516 g/mol. The Morgan fingerprint density at radius 3 is 2.70 bits per heavy atom. The van der Waals surface area contributed by atoms with Gasteiger partial charge in [0, 0.05) is 59.9 Å². The number of fused-ring (bicyclic) bond motifs is 2. The Balaban J connectivity index is 1.55. The van der Waals surface area contributed by atoms with E-state index in [9.17, 15) is 4.79 Å². The highest BCUT2D eigenvalue weighted by atomic mass is 35.5. The van der Waals surface area contributed by atoms with E-state index in [4.69, 9.17) is 16.6 Å². The number of benzene rings is 2. The number of hydrogen-bond acceptors (Lipinski definition) is 6. The zero-order valence-corrected chi connectivity index (χ0v) is 20.9. The minimum Gasteiger partial charge on any atom is -0.352 e. The van der Waals surface area contributed by atoms with Gasteiger partial charge in [-0.05, 0) is 36.8 Å². The molecule has 2 aromatic carbocycles. The van der Waals surface area contributed by atoms with Crippen molar-refractivity contribution in [1.29, 1.82) is 0 Å². The first-order chi connectivity index (χ1) is 18.0. The van der Waals surface area contributed by atoms with Gasteiger partial charge in [-0.25, -0.2) is 14.4 Å². The number of nitrogens with one attached hydrogen (secondary N) is 1. The lowest BCUT2D eigenvalue weighted by Gasteiger charge is -2.35. The SMILES string of the molecule is C=CC(=O)N1CCN(c2nc(C3=CC=NC3)nc3c(F)c(-c4c(C)ccc5[nH]ncc45)c(Cl)cc23)CC1. The van der Waals surface area contributed by atoms with Crippen LogP contribution < -0.4 is 4.90 Å². The fourth-order valence-corrected chi connectivity index (χ4v) is 5.30. The van der Waals surface area contributed by atoms with Crippen LogP contribution in [0, 0.1) is 12.7 Å². The number of piperazine rings is 1. The Labute approximate surface area is 217 Å². The molecule has 0 aliphatic carbocycles. The lowest BCUT2D eigenvalue weighted by molar-refractivity contribution is -0.126. The number of anilines is 1. The number of hydrogen-bond donors (Lipinski definition) is 1. The average Bonchev–Trinajstić information content (AvgIpc) is 3.62. The minimum absolute atomic E-state index is 0.108. The number of nitrogens with zero attached hydrogens (tertiary/aromatic N) is 6. The van der Waals surface area contributed by atoms with Gasteiger partial charge >= 0.3 is 0 Å². The molecule has 2 aromatic heterocycles.